The van der Waals surface area contributed by atoms with Gasteiger partial charge in [0.25, 0.3) is 0 Å². The van der Waals surface area contributed by atoms with Crippen molar-refractivity contribution in [2.75, 3.05) is 26.8 Å². The summed E-state index contributed by atoms with van der Waals surface area (Å²) in [6.07, 6.45) is 3.16. The van der Waals surface area contributed by atoms with Crippen LogP contribution in [0.15, 0.2) is 18.2 Å². The van der Waals surface area contributed by atoms with Crippen molar-refractivity contribution in [3.63, 3.8) is 0 Å². The highest BCUT2D eigenvalue weighted by Crippen LogP contribution is 2.37. The number of halogens is 2. The van der Waals surface area contributed by atoms with Gasteiger partial charge in [-0.15, -0.1) is 0 Å². The lowest BCUT2D eigenvalue weighted by Gasteiger charge is -2.37. The molecule has 0 atom stereocenters. The first-order valence-corrected chi connectivity index (χ1v) is 7.05. The molecule has 0 aromatic heterocycles. The summed E-state index contributed by atoms with van der Waals surface area (Å²) in [5.41, 5.74) is 1.32. The Hall–Kier alpha value is -0.280. The molecule has 1 fully saturated rings. The molecular formula is C14H19Cl2NO. The van der Waals surface area contributed by atoms with Crippen LogP contribution in [0.1, 0.15) is 18.4 Å². The molecule has 1 heterocycles. The summed E-state index contributed by atoms with van der Waals surface area (Å²) in [6, 6.07) is 5.86. The van der Waals surface area contributed by atoms with Gasteiger partial charge in [0.15, 0.2) is 0 Å². The average Bonchev–Trinajstić information content (AvgIpc) is 2.36. The summed E-state index contributed by atoms with van der Waals surface area (Å²) in [5, 5.41) is 4.72. The fourth-order valence-corrected chi connectivity index (χ4v) is 3.11. The summed E-state index contributed by atoms with van der Waals surface area (Å²) >= 11 is 12.4. The predicted molar refractivity (Wildman–Crippen MR) is 76.6 cm³/mol. The van der Waals surface area contributed by atoms with E-state index in [1.165, 1.54) is 0 Å². The van der Waals surface area contributed by atoms with E-state index in [1.54, 1.807) is 7.11 Å². The van der Waals surface area contributed by atoms with Crippen LogP contribution >= 0.6 is 23.2 Å². The predicted octanol–water partition coefficient (Wildman–Crippen LogP) is 3.55. The standard InChI is InChI=1S/C14H19Cl2NO/c1-18-10-14(5-7-17-8-6-14)9-11-3-2-4-12(15)13(11)16/h2-4,17H,5-10H2,1H3. The lowest BCUT2D eigenvalue weighted by Crippen LogP contribution is -2.41. The van der Waals surface area contributed by atoms with Crippen molar-refractivity contribution >= 4 is 23.2 Å². The molecule has 2 nitrogen and oxygen atoms in total. The highest BCUT2D eigenvalue weighted by molar-refractivity contribution is 6.42. The zero-order valence-electron chi connectivity index (χ0n) is 10.6. The van der Waals surface area contributed by atoms with Crippen LogP contribution in [0.3, 0.4) is 0 Å². The number of piperidine rings is 1. The van der Waals surface area contributed by atoms with Gasteiger partial charge >= 0.3 is 0 Å². The molecule has 2 rings (SSSR count). The molecule has 1 saturated heterocycles. The van der Waals surface area contributed by atoms with Gasteiger partial charge in [-0.2, -0.15) is 0 Å². The molecule has 4 heteroatoms. The lowest BCUT2D eigenvalue weighted by atomic mass is 9.75. The number of hydrogen-bond donors (Lipinski definition) is 1. The Labute approximate surface area is 119 Å². The second kappa shape index (κ2) is 6.25. The third-order valence-electron chi connectivity index (χ3n) is 3.71. The van der Waals surface area contributed by atoms with Crippen molar-refractivity contribution in [3.05, 3.63) is 33.8 Å². The molecule has 1 aliphatic rings. The van der Waals surface area contributed by atoms with Crippen molar-refractivity contribution in [1.82, 2.24) is 5.32 Å². The molecule has 18 heavy (non-hydrogen) atoms. The van der Waals surface area contributed by atoms with Crippen molar-refractivity contribution < 1.29 is 4.74 Å². The van der Waals surface area contributed by atoms with E-state index in [4.69, 9.17) is 27.9 Å². The van der Waals surface area contributed by atoms with Crippen LogP contribution in [0.5, 0.6) is 0 Å². The number of methoxy groups -OCH3 is 1. The summed E-state index contributed by atoms with van der Waals surface area (Å²) in [5.74, 6) is 0. The molecule has 0 saturated carbocycles. The molecule has 1 aliphatic heterocycles. The summed E-state index contributed by atoms with van der Waals surface area (Å²) in [6.45, 7) is 2.86. The number of hydrogen-bond acceptors (Lipinski definition) is 2. The largest absolute Gasteiger partial charge is 0.384 e. The Morgan fingerprint density at radius 2 is 2.00 bits per heavy atom. The van der Waals surface area contributed by atoms with Gasteiger partial charge in [-0.3, -0.25) is 0 Å². The molecule has 1 aromatic carbocycles. The SMILES string of the molecule is COCC1(Cc2cccc(Cl)c2Cl)CCNCC1. The maximum absolute atomic E-state index is 6.29. The number of nitrogens with one attached hydrogen (secondary N) is 1. The van der Waals surface area contributed by atoms with Gasteiger partial charge in [-0.1, -0.05) is 35.3 Å². The van der Waals surface area contributed by atoms with Gasteiger partial charge in [-0.25, -0.2) is 0 Å². The number of ether oxygens (including phenoxy) is 1. The van der Waals surface area contributed by atoms with Crippen molar-refractivity contribution in [2.45, 2.75) is 19.3 Å². The van der Waals surface area contributed by atoms with E-state index in [2.05, 4.69) is 11.4 Å². The topological polar surface area (TPSA) is 21.3 Å². The molecule has 1 aromatic rings. The van der Waals surface area contributed by atoms with E-state index in [1.807, 2.05) is 12.1 Å². The van der Waals surface area contributed by atoms with E-state index in [0.29, 0.717) is 10.0 Å². The van der Waals surface area contributed by atoms with Gasteiger partial charge in [0.2, 0.25) is 0 Å². The van der Waals surface area contributed by atoms with Crippen LogP contribution in [0.2, 0.25) is 10.0 Å². The van der Waals surface area contributed by atoms with Crippen molar-refractivity contribution in [2.24, 2.45) is 5.41 Å². The van der Waals surface area contributed by atoms with E-state index in [-0.39, 0.29) is 5.41 Å². The van der Waals surface area contributed by atoms with Gasteiger partial charge in [0, 0.05) is 12.5 Å². The normalized spacial score (nSPS) is 18.8. The number of benzene rings is 1. The molecule has 1 N–H and O–H groups in total. The minimum absolute atomic E-state index is 0.189. The van der Waals surface area contributed by atoms with Crippen molar-refractivity contribution in [3.8, 4) is 0 Å². The highest BCUT2D eigenvalue weighted by atomic mass is 35.5. The molecule has 0 amide bonds. The Morgan fingerprint density at radius 3 is 2.67 bits per heavy atom. The minimum atomic E-state index is 0.189. The Bertz CT molecular complexity index is 397. The maximum Gasteiger partial charge on any atom is 0.0624 e. The van der Waals surface area contributed by atoms with Crippen LogP contribution < -0.4 is 5.32 Å². The molecule has 0 spiro atoms. The zero-order valence-corrected chi connectivity index (χ0v) is 12.2. The molecule has 0 radical (unpaired) electrons. The van der Waals surface area contributed by atoms with Crippen LogP contribution in [-0.2, 0) is 11.2 Å². The molecule has 100 valence electrons. The first kappa shape index (κ1) is 14.1. The average molecular weight is 288 g/mol. The van der Waals surface area contributed by atoms with E-state index in [9.17, 15) is 0 Å². The van der Waals surface area contributed by atoms with Gasteiger partial charge < -0.3 is 10.1 Å². The quantitative estimate of drug-likeness (QED) is 0.914. The third-order valence-corrected chi connectivity index (χ3v) is 4.57. The van der Waals surface area contributed by atoms with E-state index < -0.39 is 0 Å². The van der Waals surface area contributed by atoms with Crippen LogP contribution in [-0.4, -0.2) is 26.8 Å². The van der Waals surface area contributed by atoms with Gasteiger partial charge in [0.05, 0.1) is 16.7 Å². The van der Waals surface area contributed by atoms with Gasteiger partial charge in [0.1, 0.15) is 0 Å². The first-order valence-electron chi connectivity index (χ1n) is 6.29. The molecular weight excluding hydrogens is 269 g/mol. The fraction of sp³-hybridized carbons (Fsp3) is 0.571. The smallest absolute Gasteiger partial charge is 0.0624 e. The second-order valence-corrected chi connectivity index (χ2v) is 5.86. The lowest BCUT2D eigenvalue weighted by molar-refractivity contribution is 0.0540. The number of rotatable bonds is 4. The maximum atomic E-state index is 6.29. The Morgan fingerprint density at radius 1 is 1.28 bits per heavy atom. The second-order valence-electron chi connectivity index (χ2n) is 5.07. The highest BCUT2D eigenvalue weighted by Gasteiger charge is 2.33. The zero-order chi connectivity index (χ0) is 13.0. The van der Waals surface area contributed by atoms with Crippen LogP contribution in [0.4, 0.5) is 0 Å². The summed E-state index contributed by atoms with van der Waals surface area (Å²) in [7, 11) is 1.77. The molecule has 0 unspecified atom stereocenters. The summed E-state index contributed by atoms with van der Waals surface area (Å²) in [4.78, 5) is 0. The van der Waals surface area contributed by atoms with Crippen LogP contribution in [0.25, 0.3) is 0 Å². The molecule has 0 aliphatic carbocycles. The summed E-state index contributed by atoms with van der Waals surface area (Å²) < 4.78 is 5.42. The van der Waals surface area contributed by atoms with Gasteiger partial charge in [-0.05, 0) is 44.0 Å². The minimum Gasteiger partial charge on any atom is -0.384 e. The fourth-order valence-electron chi connectivity index (χ4n) is 2.72. The van der Waals surface area contributed by atoms with E-state index in [0.717, 1.165) is 44.5 Å². The van der Waals surface area contributed by atoms with E-state index >= 15 is 0 Å². The third kappa shape index (κ3) is 3.18. The molecule has 0 bridgehead atoms. The Kier molecular flexibility index (Phi) is 4.91. The monoisotopic (exact) mass is 287 g/mol. The first-order chi connectivity index (χ1) is 8.67. The Balaban J connectivity index is 2.20. The van der Waals surface area contributed by atoms with Crippen LogP contribution in [0, 0.1) is 5.41 Å². The van der Waals surface area contributed by atoms with Crippen molar-refractivity contribution in [1.29, 1.82) is 0 Å².